The molecule has 7 heteroatoms. The Balaban J connectivity index is 1.86. The Labute approximate surface area is 158 Å². The highest BCUT2D eigenvalue weighted by Crippen LogP contribution is 2.31. The molecule has 3 rings (SSSR count). The third-order valence-electron chi connectivity index (χ3n) is 3.69. The second-order valence-electron chi connectivity index (χ2n) is 5.55. The average molecular weight is 392 g/mol. The number of anilines is 1. The van der Waals surface area contributed by atoms with Gasteiger partial charge in [0.2, 0.25) is 0 Å². The number of rotatable bonds is 4. The zero-order valence-corrected chi connectivity index (χ0v) is 14.5. The first kappa shape index (κ1) is 18.8. The fourth-order valence-electron chi connectivity index (χ4n) is 2.52. The standard InChI is InChI=1S/C20H13ClF3NO2/c21-17-7-3-1-6-16(17)19(26)25-18-8-4-2-5-15(18)13-9-11-14(12-10-13)27-20(22,23)24/h1-12H,(H,25,26). The van der Waals surface area contributed by atoms with E-state index in [0.29, 0.717) is 27.4 Å². The number of nitrogens with one attached hydrogen (secondary N) is 1. The van der Waals surface area contributed by atoms with Gasteiger partial charge in [0.15, 0.2) is 0 Å². The predicted octanol–water partition coefficient (Wildman–Crippen LogP) is 6.16. The van der Waals surface area contributed by atoms with Gasteiger partial charge in [-0.25, -0.2) is 0 Å². The van der Waals surface area contributed by atoms with Crippen molar-refractivity contribution in [2.24, 2.45) is 0 Å². The number of ether oxygens (including phenoxy) is 1. The summed E-state index contributed by atoms with van der Waals surface area (Å²) in [6.07, 6.45) is -4.75. The van der Waals surface area contributed by atoms with E-state index in [0.717, 1.165) is 0 Å². The van der Waals surface area contributed by atoms with Crippen LogP contribution in [0, 0.1) is 0 Å². The quantitative estimate of drug-likeness (QED) is 0.578. The molecule has 0 bridgehead atoms. The summed E-state index contributed by atoms with van der Waals surface area (Å²) >= 11 is 6.05. The molecule has 0 fully saturated rings. The van der Waals surface area contributed by atoms with E-state index in [4.69, 9.17) is 11.6 Å². The molecule has 3 nitrogen and oxygen atoms in total. The van der Waals surface area contributed by atoms with E-state index in [2.05, 4.69) is 10.1 Å². The van der Waals surface area contributed by atoms with Gasteiger partial charge in [-0.3, -0.25) is 4.79 Å². The summed E-state index contributed by atoms with van der Waals surface area (Å²) in [5.41, 5.74) is 2.10. The smallest absolute Gasteiger partial charge is 0.406 e. The normalized spacial score (nSPS) is 11.1. The lowest BCUT2D eigenvalue weighted by molar-refractivity contribution is -0.274. The van der Waals surface area contributed by atoms with Gasteiger partial charge in [0.1, 0.15) is 5.75 Å². The zero-order chi connectivity index (χ0) is 19.4. The molecular formula is C20H13ClF3NO2. The van der Waals surface area contributed by atoms with E-state index in [1.165, 1.54) is 24.3 Å². The van der Waals surface area contributed by atoms with Crippen LogP contribution >= 0.6 is 11.6 Å². The van der Waals surface area contributed by atoms with Gasteiger partial charge in [-0.2, -0.15) is 0 Å². The molecule has 3 aromatic carbocycles. The summed E-state index contributed by atoms with van der Waals surface area (Å²) in [4.78, 5) is 12.5. The fraction of sp³-hybridized carbons (Fsp3) is 0.0500. The Morgan fingerprint density at radius 2 is 1.52 bits per heavy atom. The molecule has 1 N–H and O–H groups in total. The van der Waals surface area contributed by atoms with Crippen LogP contribution in [0.2, 0.25) is 5.02 Å². The fourth-order valence-corrected chi connectivity index (χ4v) is 2.74. The Bertz CT molecular complexity index is 956. The number of amides is 1. The second kappa shape index (κ2) is 7.72. The molecule has 1 amide bonds. The zero-order valence-electron chi connectivity index (χ0n) is 13.8. The van der Waals surface area contributed by atoms with E-state index < -0.39 is 6.36 Å². The van der Waals surface area contributed by atoms with Crippen molar-refractivity contribution < 1.29 is 22.7 Å². The predicted molar refractivity (Wildman–Crippen MR) is 98.0 cm³/mol. The van der Waals surface area contributed by atoms with E-state index in [1.54, 1.807) is 48.5 Å². The van der Waals surface area contributed by atoms with Crippen molar-refractivity contribution in [2.45, 2.75) is 6.36 Å². The minimum absolute atomic E-state index is 0.316. The van der Waals surface area contributed by atoms with Gasteiger partial charge in [-0.1, -0.05) is 54.1 Å². The van der Waals surface area contributed by atoms with Crippen molar-refractivity contribution >= 4 is 23.2 Å². The van der Waals surface area contributed by atoms with Crippen molar-refractivity contribution in [2.75, 3.05) is 5.32 Å². The lowest BCUT2D eigenvalue weighted by atomic mass is 10.0. The molecular weight excluding hydrogens is 379 g/mol. The number of carbonyl (C=O) groups excluding carboxylic acids is 1. The van der Waals surface area contributed by atoms with Gasteiger partial charge >= 0.3 is 6.36 Å². The SMILES string of the molecule is O=C(Nc1ccccc1-c1ccc(OC(F)(F)F)cc1)c1ccccc1Cl. The molecule has 138 valence electrons. The molecule has 0 aliphatic heterocycles. The van der Waals surface area contributed by atoms with E-state index in [-0.39, 0.29) is 11.7 Å². The largest absolute Gasteiger partial charge is 0.573 e. The van der Waals surface area contributed by atoms with Gasteiger partial charge in [-0.15, -0.1) is 13.2 Å². The molecule has 0 aromatic heterocycles. The highest BCUT2D eigenvalue weighted by atomic mass is 35.5. The molecule has 0 heterocycles. The van der Waals surface area contributed by atoms with Gasteiger partial charge < -0.3 is 10.1 Å². The van der Waals surface area contributed by atoms with Crippen LogP contribution in [0.25, 0.3) is 11.1 Å². The van der Waals surface area contributed by atoms with Crippen molar-refractivity contribution in [3.05, 3.63) is 83.4 Å². The van der Waals surface area contributed by atoms with Gasteiger partial charge in [-0.05, 0) is 35.9 Å². The minimum atomic E-state index is -4.75. The van der Waals surface area contributed by atoms with Crippen LogP contribution in [0.1, 0.15) is 10.4 Å². The van der Waals surface area contributed by atoms with Crippen LogP contribution in [-0.2, 0) is 0 Å². The third-order valence-corrected chi connectivity index (χ3v) is 4.02. The van der Waals surface area contributed by atoms with Gasteiger partial charge in [0.05, 0.1) is 10.6 Å². The number of para-hydroxylation sites is 1. The topological polar surface area (TPSA) is 38.3 Å². The first-order valence-electron chi connectivity index (χ1n) is 7.84. The molecule has 0 aliphatic carbocycles. The van der Waals surface area contributed by atoms with Crippen molar-refractivity contribution in [3.8, 4) is 16.9 Å². The van der Waals surface area contributed by atoms with E-state index in [9.17, 15) is 18.0 Å². The summed E-state index contributed by atoms with van der Waals surface area (Å²) in [5, 5.41) is 3.10. The summed E-state index contributed by atoms with van der Waals surface area (Å²) in [7, 11) is 0. The van der Waals surface area contributed by atoms with Crippen LogP contribution in [-0.4, -0.2) is 12.3 Å². The second-order valence-corrected chi connectivity index (χ2v) is 5.96. The van der Waals surface area contributed by atoms with Crippen molar-refractivity contribution in [1.82, 2.24) is 0 Å². The lowest BCUT2D eigenvalue weighted by Crippen LogP contribution is -2.17. The van der Waals surface area contributed by atoms with E-state index in [1.807, 2.05) is 0 Å². The maximum atomic E-state index is 12.5. The summed E-state index contributed by atoms with van der Waals surface area (Å²) in [5.74, 6) is -0.700. The van der Waals surface area contributed by atoms with Crippen LogP contribution in [0.4, 0.5) is 18.9 Å². The maximum absolute atomic E-state index is 12.5. The monoisotopic (exact) mass is 391 g/mol. The molecule has 0 radical (unpaired) electrons. The highest BCUT2D eigenvalue weighted by Gasteiger charge is 2.31. The van der Waals surface area contributed by atoms with Crippen LogP contribution in [0.5, 0.6) is 5.75 Å². The summed E-state index contributed by atoms with van der Waals surface area (Å²) in [6.45, 7) is 0. The Kier molecular flexibility index (Phi) is 5.37. The highest BCUT2D eigenvalue weighted by molar-refractivity contribution is 6.34. The number of halogens is 4. The molecule has 0 saturated heterocycles. The van der Waals surface area contributed by atoms with E-state index >= 15 is 0 Å². The molecule has 0 atom stereocenters. The van der Waals surface area contributed by atoms with Crippen molar-refractivity contribution in [1.29, 1.82) is 0 Å². The summed E-state index contributed by atoms with van der Waals surface area (Å²) < 4.78 is 40.7. The Morgan fingerprint density at radius 1 is 0.889 bits per heavy atom. The summed E-state index contributed by atoms with van der Waals surface area (Å²) in [6, 6.07) is 19.0. The molecule has 0 spiro atoms. The van der Waals surface area contributed by atoms with Crippen LogP contribution in [0.15, 0.2) is 72.8 Å². The number of alkyl halides is 3. The van der Waals surface area contributed by atoms with Gasteiger partial charge in [0, 0.05) is 11.3 Å². The third kappa shape index (κ3) is 4.80. The number of carbonyl (C=O) groups is 1. The molecule has 27 heavy (non-hydrogen) atoms. The molecule has 3 aromatic rings. The van der Waals surface area contributed by atoms with Crippen LogP contribution < -0.4 is 10.1 Å². The molecule has 0 saturated carbocycles. The van der Waals surface area contributed by atoms with Crippen LogP contribution in [0.3, 0.4) is 0 Å². The molecule has 0 unspecified atom stereocenters. The van der Waals surface area contributed by atoms with Crippen molar-refractivity contribution in [3.63, 3.8) is 0 Å². The number of hydrogen-bond donors (Lipinski definition) is 1. The van der Waals surface area contributed by atoms with Gasteiger partial charge in [0.25, 0.3) is 5.91 Å². The number of hydrogen-bond acceptors (Lipinski definition) is 2. The minimum Gasteiger partial charge on any atom is -0.406 e. The first-order chi connectivity index (χ1) is 12.8. The Hall–Kier alpha value is -2.99. The number of benzene rings is 3. The first-order valence-corrected chi connectivity index (χ1v) is 8.22. The lowest BCUT2D eigenvalue weighted by Gasteiger charge is -2.13. The maximum Gasteiger partial charge on any atom is 0.573 e. The Morgan fingerprint density at radius 3 is 2.19 bits per heavy atom. The average Bonchev–Trinajstić information content (AvgIpc) is 2.62. The molecule has 0 aliphatic rings.